The van der Waals surface area contributed by atoms with Crippen LogP contribution in [0, 0.1) is 0 Å². The van der Waals surface area contributed by atoms with E-state index in [4.69, 9.17) is 25.8 Å². The number of anilines is 2. The van der Waals surface area contributed by atoms with Gasteiger partial charge >= 0.3 is 0 Å². The summed E-state index contributed by atoms with van der Waals surface area (Å²) in [5, 5.41) is 3.28. The van der Waals surface area contributed by atoms with Gasteiger partial charge in [-0.15, -0.1) is 0 Å². The number of ether oxygens (including phenoxy) is 3. The Morgan fingerprint density at radius 1 is 1.11 bits per heavy atom. The lowest BCUT2D eigenvalue weighted by Gasteiger charge is -2.28. The molecule has 2 aromatic carbocycles. The molecule has 0 bridgehead atoms. The zero-order valence-electron chi connectivity index (χ0n) is 15.5. The fraction of sp³-hybridized carbons (Fsp3) is 0.350. The van der Waals surface area contributed by atoms with Gasteiger partial charge in [0, 0.05) is 30.9 Å². The van der Waals surface area contributed by atoms with E-state index in [0.717, 1.165) is 37.6 Å². The summed E-state index contributed by atoms with van der Waals surface area (Å²) in [4.78, 5) is 14.7. The highest BCUT2D eigenvalue weighted by atomic mass is 35.5. The van der Waals surface area contributed by atoms with Crippen molar-refractivity contribution < 1.29 is 19.0 Å². The molecule has 0 aromatic heterocycles. The highest BCUT2D eigenvalue weighted by Gasteiger charge is 2.14. The number of morpholine rings is 1. The zero-order valence-corrected chi connectivity index (χ0v) is 16.2. The molecule has 0 radical (unpaired) electrons. The Labute approximate surface area is 164 Å². The molecule has 27 heavy (non-hydrogen) atoms. The largest absolute Gasteiger partial charge is 0.495 e. The van der Waals surface area contributed by atoms with E-state index < -0.39 is 0 Å². The summed E-state index contributed by atoms with van der Waals surface area (Å²) < 4.78 is 15.9. The molecule has 3 rings (SSSR count). The SMILES string of the molecule is COc1cc(NC(=O)Cc2ccc(N3CCOCC3)cc2)c(OC)cc1Cl. The molecule has 0 unspecified atom stereocenters. The van der Waals surface area contributed by atoms with Crippen LogP contribution in [0.3, 0.4) is 0 Å². The van der Waals surface area contributed by atoms with Gasteiger partial charge in [-0.25, -0.2) is 0 Å². The van der Waals surface area contributed by atoms with Crippen molar-refractivity contribution >= 4 is 28.9 Å². The molecule has 0 aliphatic carbocycles. The second-order valence-corrected chi connectivity index (χ2v) is 6.59. The highest BCUT2D eigenvalue weighted by molar-refractivity contribution is 6.32. The van der Waals surface area contributed by atoms with E-state index in [1.165, 1.54) is 14.2 Å². The van der Waals surface area contributed by atoms with E-state index in [0.29, 0.717) is 22.2 Å². The Bertz CT molecular complexity index is 789. The van der Waals surface area contributed by atoms with Crippen LogP contribution in [-0.2, 0) is 16.0 Å². The predicted molar refractivity (Wildman–Crippen MR) is 106 cm³/mol. The van der Waals surface area contributed by atoms with Crippen LogP contribution in [0.25, 0.3) is 0 Å². The van der Waals surface area contributed by atoms with Crippen LogP contribution in [-0.4, -0.2) is 46.4 Å². The first-order valence-electron chi connectivity index (χ1n) is 8.73. The maximum atomic E-state index is 12.5. The fourth-order valence-electron chi connectivity index (χ4n) is 2.98. The number of rotatable bonds is 6. The minimum atomic E-state index is -0.142. The fourth-order valence-corrected chi connectivity index (χ4v) is 3.21. The van der Waals surface area contributed by atoms with E-state index in [1.54, 1.807) is 12.1 Å². The van der Waals surface area contributed by atoms with Gasteiger partial charge in [0.2, 0.25) is 5.91 Å². The number of hydrogen-bond acceptors (Lipinski definition) is 5. The third-order valence-electron chi connectivity index (χ3n) is 4.43. The third kappa shape index (κ3) is 4.84. The Kier molecular flexibility index (Phi) is 6.42. The second kappa shape index (κ2) is 8.97. The molecular weight excluding hydrogens is 368 g/mol. The molecule has 1 heterocycles. The average Bonchev–Trinajstić information content (AvgIpc) is 2.70. The zero-order chi connectivity index (χ0) is 19.2. The van der Waals surface area contributed by atoms with Crippen LogP contribution < -0.4 is 19.7 Å². The van der Waals surface area contributed by atoms with Gasteiger partial charge in [-0.05, 0) is 17.7 Å². The van der Waals surface area contributed by atoms with Crippen LogP contribution in [0.1, 0.15) is 5.56 Å². The number of halogens is 1. The Hall–Kier alpha value is -2.44. The number of benzene rings is 2. The number of methoxy groups -OCH3 is 2. The van der Waals surface area contributed by atoms with Crippen molar-refractivity contribution in [2.45, 2.75) is 6.42 Å². The standard InChI is InChI=1S/C20H23ClN2O4/c1-25-18-13-17(19(26-2)12-16(18)21)22-20(24)11-14-3-5-15(6-4-14)23-7-9-27-10-8-23/h3-6,12-13H,7-11H2,1-2H3,(H,22,24). The predicted octanol–water partition coefficient (Wildman–Crippen LogP) is 3.38. The van der Waals surface area contributed by atoms with E-state index in [-0.39, 0.29) is 12.3 Å². The maximum Gasteiger partial charge on any atom is 0.228 e. The summed E-state index contributed by atoms with van der Waals surface area (Å²) in [5.74, 6) is 0.816. The number of carbonyl (C=O) groups is 1. The van der Waals surface area contributed by atoms with E-state index in [9.17, 15) is 4.79 Å². The van der Waals surface area contributed by atoms with Crippen molar-refractivity contribution in [2.75, 3.05) is 50.7 Å². The molecule has 2 aromatic rings. The lowest BCUT2D eigenvalue weighted by atomic mass is 10.1. The first kappa shape index (κ1) is 19.3. The monoisotopic (exact) mass is 390 g/mol. The molecule has 7 heteroatoms. The topological polar surface area (TPSA) is 60.0 Å². The van der Waals surface area contributed by atoms with Crippen LogP contribution in [0.4, 0.5) is 11.4 Å². The summed E-state index contributed by atoms with van der Waals surface area (Å²) >= 11 is 6.10. The molecule has 1 N–H and O–H groups in total. The van der Waals surface area contributed by atoms with Crippen LogP contribution >= 0.6 is 11.6 Å². The van der Waals surface area contributed by atoms with Crippen molar-refractivity contribution in [3.8, 4) is 11.5 Å². The number of carbonyl (C=O) groups excluding carboxylic acids is 1. The Morgan fingerprint density at radius 3 is 2.41 bits per heavy atom. The Balaban J connectivity index is 1.65. The molecule has 1 amide bonds. The molecule has 144 valence electrons. The minimum absolute atomic E-state index is 0.142. The summed E-state index contributed by atoms with van der Waals surface area (Å²) in [6, 6.07) is 11.3. The first-order valence-corrected chi connectivity index (χ1v) is 9.11. The van der Waals surface area contributed by atoms with Crippen molar-refractivity contribution in [2.24, 2.45) is 0 Å². The molecule has 1 fully saturated rings. The van der Waals surface area contributed by atoms with Gasteiger partial charge in [-0.2, -0.15) is 0 Å². The highest BCUT2D eigenvalue weighted by Crippen LogP contribution is 2.35. The second-order valence-electron chi connectivity index (χ2n) is 6.18. The van der Waals surface area contributed by atoms with E-state index in [1.807, 2.05) is 24.3 Å². The van der Waals surface area contributed by atoms with Gasteiger partial charge in [0.05, 0.1) is 44.6 Å². The average molecular weight is 391 g/mol. The number of hydrogen-bond donors (Lipinski definition) is 1. The number of nitrogens with zero attached hydrogens (tertiary/aromatic N) is 1. The van der Waals surface area contributed by atoms with Gasteiger partial charge in [0.15, 0.2) is 0 Å². The van der Waals surface area contributed by atoms with Crippen molar-refractivity contribution in [1.82, 2.24) is 0 Å². The van der Waals surface area contributed by atoms with E-state index >= 15 is 0 Å². The van der Waals surface area contributed by atoms with Gasteiger partial charge in [0.1, 0.15) is 11.5 Å². The van der Waals surface area contributed by atoms with Crippen LogP contribution in [0.5, 0.6) is 11.5 Å². The molecule has 1 saturated heterocycles. The molecule has 0 atom stereocenters. The third-order valence-corrected chi connectivity index (χ3v) is 4.72. The van der Waals surface area contributed by atoms with Gasteiger partial charge in [-0.3, -0.25) is 4.79 Å². The summed E-state index contributed by atoms with van der Waals surface area (Å²) in [7, 11) is 3.05. The number of nitrogens with one attached hydrogen (secondary N) is 1. The van der Waals surface area contributed by atoms with Crippen LogP contribution in [0.15, 0.2) is 36.4 Å². The quantitative estimate of drug-likeness (QED) is 0.819. The van der Waals surface area contributed by atoms with Gasteiger partial charge < -0.3 is 24.4 Å². The number of amides is 1. The van der Waals surface area contributed by atoms with Crippen molar-refractivity contribution in [3.05, 3.63) is 47.0 Å². The lowest BCUT2D eigenvalue weighted by molar-refractivity contribution is -0.115. The smallest absolute Gasteiger partial charge is 0.228 e. The first-order chi connectivity index (χ1) is 13.1. The lowest BCUT2D eigenvalue weighted by Crippen LogP contribution is -2.36. The van der Waals surface area contributed by atoms with Crippen LogP contribution in [0.2, 0.25) is 5.02 Å². The summed E-state index contributed by atoms with van der Waals surface area (Å²) in [6.45, 7) is 3.27. The molecule has 0 saturated carbocycles. The van der Waals surface area contributed by atoms with Crippen molar-refractivity contribution in [1.29, 1.82) is 0 Å². The molecule has 1 aliphatic heterocycles. The van der Waals surface area contributed by atoms with Gasteiger partial charge in [0.25, 0.3) is 0 Å². The van der Waals surface area contributed by atoms with E-state index in [2.05, 4.69) is 10.2 Å². The molecule has 6 nitrogen and oxygen atoms in total. The molecular formula is C20H23ClN2O4. The summed E-state index contributed by atoms with van der Waals surface area (Å²) in [5.41, 5.74) is 2.60. The maximum absolute atomic E-state index is 12.5. The van der Waals surface area contributed by atoms with Gasteiger partial charge in [-0.1, -0.05) is 23.7 Å². The molecule has 1 aliphatic rings. The molecule has 0 spiro atoms. The Morgan fingerprint density at radius 2 is 1.78 bits per heavy atom. The summed E-state index contributed by atoms with van der Waals surface area (Å²) in [6.07, 6.45) is 0.261. The minimum Gasteiger partial charge on any atom is -0.495 e. The van der Waals surface area contributed by atoms with Crippen molar-refractivity contribution in [3.63, 3.8) is 0 Å². The normalized spacial score (nSPS) is 14.0.